The Morgan fingerprint density at radius 2 is 1.79 bits per heavy atom. The van der Waals surface area contributed by atoms with E-state index in [1.165, 1.54) is 5.56 Å². The van der Waals surface area contributed by atoms with Crippen LogP contribution in [0.15, 0.2) is 24.3 Å². The van der Waals surface area contributed by atoms with Crippen molar-refractivity contribution in [3.05, 3.63) is 52.7 Å². The second-order valence-electron chi connectivity index (χ2n) is 4.58. The van der Waals surface area contributed by atoms with Gasteiger partial charge in [0.15, 0.2) is 11.6 Å². The molecular formula is C15H18FN3. The molecule has 1 N–H and O–H groups in total. The normalized spacial score (nSPS) is 10.5. The van der Waals surface area contributed by atoms with Gasteiger partial charge in [0.05, 0.1) is 5.69 Å². The second-order valence-corrected chi connectivity index (χ2v) is 4.58. The summed E-state index contributed by atoms with van der Waals surface area (Å²) < 4.78 is 13.8. The quantitative estimate of drug-likeness (QED) is 0.915. The Balaban J connectivity index is 2.27. The van der Waals surface area contributed by atoms with Crippen LogP contribution >= 0.6 is 0 Å². The number of halogens is 1. The van der Waals surface area contributed by atoms with E-state index in [0.717, 1.165) is 5.56 Å². The van der Waals surface area contributed by atoms with E-state index in [0.29, 0.717) is 24.5 Å². The van der Waals surface area contributed by atoms with Crippen LogP contribution in [0.3, 0.4) is 0 Å². The molecule has 0 saturated carbocycles. The molecule has 4 heteroatoms. The zero-order valence-electron chi connectivity index (χ0n) is 11.5. The number of nitrogens with one attached hydrogen (secondary N) is 1. The van der Waals surface area contributed by atoms with Crippen molar-refractivity contribution in [1.29, 1.82) is 0 Å². The van der Waals surface area contributed by atoms with Gasteiger partial charge in [-0.2, -0.15) is 0 Å². The fourth-order valence-corrected chi connectivity index (χ4v) is 1.87. The highest BCUT2D eigenvalue weighted by Gasteiger charge is 2.11. The molecule has 0 unspecified atom stereocenters. The summed E-state index contributed by atoms with van der Waals surface area (Å²) in [6.07, 6.45) is 0.611. The number of anilines is 1. The second kappa shape index (κ2) is 5.78. The first kappa shape index (κ1) is 13.5. The fourth-order valence-electron chi connectivity index (χ4n) is 1.87. The lowest BCUT2D eigenvalue weighted by Gasteiger charge is -2.09. The summed E-state index contributed by atoms with van der Waals surface area (Å²) in [5.41, 5.74) is 2.72. The minimum atomic E-state index is -0.366. The third-order valence-corrected chi connectivity index (χ3v) is 2.89. The lowest BCUT2D eigenvalue weighted by atomic mass is 10.1. The minimum absolute atomic E-state index is 0.289. The maximum absolute atomic E-state index is 13.8. The van der Waals surface area contributed by atoms with Crippen LogP contribution in [0, 0.1) is 19.7 Å². The highest BCUT2D eigenvalue weighted by molar-refractivity contribution is 5.38. The molecule has 3 nitrogen and oxygen atoms in total. The summed E-state index contributed by atoms with van der Waals surface area (Å²) in [5, 5.41) is 2.93. The molecule has 2 rings (SSSR count). The molecule has 1 heterocycles. The zero-order valence-corrected chi connectivity index (χ0v) is 11.5. The number of hydrogen-bond donors (Lipinski definition) is 1. The number of rotatable bonds is 4. The van der Waals surface area contributed by atoms with Crippen LogP contribution in [0.25, 0.3) is 0 Å². The smallest absolute Gasteiger partial charge is 0.186 e. The van der Waals surface area contributed by atoms with Gasteiger partial charge in [-0.3, -0.25) is 0 Å². The van der Waals surface area contributed by atoms with Gasteiger partial charge in [-0.25, -0.2) is 14.4 Å². The van der Waals surface area contributed by atoms with Crippen molar-refractivity contribution in [2.24, 2.45) is 0 Å². The van der Waals surface area contributed by atoms with E-state index in [1.54, 1.807) is 6.92 Å². The molecule has 0 atom stereocenters. The van der Waals surface area contributed by atoms with Gasteiger partial charge in [0, 0.05) is 13.0 Å². The predicted molar refractivity (Wildman–Crippen MR) is 74.9 cm³/mol. The summed E-state index contributed by atoms with van der Waals surface area (Å²) >= 11 is 0. The van der Waals surface area contributed by atoms with E-state index in [4.69, 9.17) is 0 Å². The van der Waals surface area contributed by atoms with Crippen molar-refractivity contribution in [3.8, 4) is 0 Å². The lowest BCUT2D eigenvalue weighted by molar-refractivity contribution is 0.601. The first-order chi connectivity index (χ1) is 9.10. The molecule has 1 aromatic carbocycles. The van der Waals surface area contributed by atoms with Crippen molar-refractivity contribution in [1.82, 2.24) is 9.97 Å². The van der Waals surface area contributed by atoms with Gasteiger partial charge < -0.3 is 5.32 Å². The van der Waals surface area contributed by atoms with Crippen LogP contribution in [0.2, 0.25) is 0 Å². The summed E-state index contributed by atoms with van der Waals surface area (Å²) in [6.45, 7) is 6.26. The molecule has 0 aliphatic rings. The zero-order chi connectivity index (χ0) is 13.8. The van der Waals surface area contributed by atoms with Gasteiger partial charge in [0.1, 0.15) is 5.82 Å². The van der Waals surface area contributed by atoms with E-state index in [2.05, 4.69) is 27.4 Å². The molecule has 0 aliphatic heterocycles. The number of benzene rings is 1. The van der Waals surface area contributed by atoms with Crippen LogP contribution in [0.5, 0.6) is 0 Å². The van der Waals surface area contributed by atoms with Gasteiger partial charge in [-0.05, 0) is 26.3 Å². The summed E-state index contributed by atoms with van der Waals surface area (Å²) in [4.78, 5) is 8.45. The van der Waals surface area contributed by atoms with E-state index >= 15 is 0 Å². The van der Waals surface area contributed by atoms with Crippen molar-refractivity contribution in [2.45, 2.75) is 27.2 Å². The maximum Gasteiger partial charge on any atom is 0.186 e. The Labute approximate surface area is 112 Å². The molecule has 0 radical (unpaired) electrons. The average molecular weight is 259 g/mol. The van der Waals surface area contributed by atoms with E-state index < -0.39 is 0 Å². The molecule has 0 amide bonds. The molecule has 0 fully saturated rings. The van der Waals surface area contributed by atoms with E-state index in [-0.39, 0.29) is 11.6 Å². The molecule has 0 saturated heterocycles. The largest absolute Gasteiger partial charge is 0.368 e. The molecular weight excluding hydrogens is 241 g/mol. The Hall–Kier alpha value is -1.97. The van der Waals surface area contributed by atoms with Gasteiger partial charge in [-0.15, -0.1) is 0 Å². The molecule has 0 bridgehead atoms. The molecule has 19 heavy (non-hydrogen) atoms. The first-order valence-electron chi connectivity index (χ1n) is 6.42. The molecule has 2 aromatic rings. The Kier molecular flexibility index (Phi) is 4.10. The van der Waals surface area contributed by atoms with Gasteiger partial charge in [0.2, 0.25) is 0 Å². The number of aryl methyl sites for hydroxylation is 2. The van der Waals surface area contributed by atoms with Gasteiger partial charge in [0.25, 0.3) is 0 Å². The Morgan fingerprint density at radius 3 is 2.42 bits per heavy atom. The van der Waals surface area contributed by atoms with Gasteiger partial charge >= 0.3 is 0 Å². The number of hydrogen-bond acceptors (Lipinski definition) is 3. The SMILES string of the molecule is CCNc1nc(Cc2ccc(C)cc2)nc(C)c1F. The molecule has 0 aliphatic carbocycles. The average Bonchev–Trinajstić information content (AvgIpc) is 2.38. The van der Waals surface area contributed by atoms with Crippen LogP contribution in [0.4, 0.5) is 10.2 Å². The monoisotopic (exact) mass is 259 g/mol. The standard InChI is InChI=1S/C15H18FN3/c1-4-17-15-14(16)11(3)18-13(19-15)9-12-7-5-10(2)6-8-12/h5-8H,4,9H2,1-3H3,(H,17,18,19). The van der Waals surface area contributed by atoms with Crippen LogP contribution in [-0.2, 0) is 6.42 Å². The fraction of sp³-hybridized carbons (Fsp3) is 0.333. The molecule has 1 aromatic heterocycles. The third kappa shape index (κ3) is 3.28. The van der Waals surface area contributed by atoms with Crippen molar-refractivity contribution < 1.29 is 4.39 Å². The number of nitrogens with zero attached hydrogens (tertiary/aromatic N) is 2. The van der Waals surface area contributed by atoms with Crippen molar-refractivity contribution in [3.63, 3.8) is 0 Å². The lowest BCUT2D eigenvalue weighted by Crippen LogP contribution is -2.09. The van der Waals surface area contributed by atoms with Crippen LogP contribution in [0.1, 0.15) is 29.6 Å². The predicted octanol–water partition coefficient (Wildman–Crippen LogP) is 3.26. The summed E-state index contributed by atoms with van der Waals surface area (Å²) in [6, 6.07) is 8.20. The van der Waals surface area contributed by atoms with Crippen LogP contribution in [-0.4, -0.2) is 16.5 Å². The van der Waals surface area contributed by atoms with Crippen LogP contribution < -0.4 is 5.32 Å². The van der Waals surface area contributed by atoms with E-state index in [1.807, 2.05) is 26.0 Å². The highest BCUT2D eigenvalue weighted by Crippen LogP contribution is 2.16. The van der Waals surface area contributed by atoms with Crippen molar-refractivity contribution >= 4 is 5.82 Å². The number of aromatic nitrogens is 2. The summed E-state index contributed by atoms with van der Waals surface area (Å²) in [7, 11) is 0. The Morgan fingerprint density at radius 1 is 1.11 bits per heavy atom. The Bertz CT molecular complexity index is 564. The van der Waals surface area contributed by atoms with Gasteiger partial charge in [-0.1, -0.05) is 29.8 Å². The summed E-state index contributed by atoms with van der Waals surface area (Å²) in [5.74, 6) is 0.560. The topological polar surface area (TPSA) is 37.8 Å². The third-order valence-electron chi connectivity index (χ3n) is 2.89. The van der Waals surface area contributed by atoms with Crippen molar-refractivity contribution in [2.75, 3.05) is 11.9 Å². The minimum Gasteiger partial charge on any atom is -0.368 e. The maximum atomic E-state index is 13.8. The molecule has 0 spiro atoms. The molecule has 100 valence electrons. The van der Waals surface area contributed by atoms with E-state index in [9.17, 15) is 4.39 Å². The first-order valence-corrected chi connectivity index (χ1v) is 6.42. The highest BCUT2D eigenvalue weighted by atomic mass is 19.1.